The Morgan fingerprint density at radius 2 is 2.23 bits per heavy atom. The Morgan fingerprint density at radius 1 is 1.62 bits per heavy atom. The standard InChI is InChI=1S/C11H17NO/c1-8-7-11(2,3)12(8)10(13)9-5-4-6-9/h5,8H,4,6-7H2,1-3H3. The number of likely N-dealkylation sites (tertiary alicyclic amines) is 1. The van der Waals surface area contributed by atoms with E-state index in [0.717, 1.165) is 24.8 Å². The molecule has 1 fully saturated rings. The van der Waals surface area contributed by atoms with Gasteiger partial charge in [0.25, 0.3) is 0 Å². The van der Waals surface area contributed by atoms with Crippen LogP contribution in [0.15, 0.2) is 11.6 Å². The van der Waals surface area contributed by atoms with Crippen LogP contribution in [-0.4, -0.2) is 22.4 Å². The van der Waals surface area contributed by atoms with Crippen LogP contribution in [0.2, 0.25) is 0 Å². The molecule has 2 aliphatic rings. The molecule has 1 atom stereocenters. The molecule has 1 heterocycles. The smallest absolute Gasteiger partial charge is 0.250 e. The Morgan fingerprint density at radius 3 is 2.54 bits per heavy atom. The van der Waals surface area contributed by atoms with E-state index in [1.54, 1.807) is 0 Å². The molecule has 0 saturated carbocycles. The van der Waals surface area contributed by atoms with Crippen LogP contribution in [0.1, 0.15) is 40.0 Å². The first-order valence-electron chi connectivity index (χ1n) is 5.05. The van der Waals surface area contributed by atoms with Gasteiger partial charge in [-0.3, -0.25) is 4.79 Å². The highest BCUT2D eigenvalue weighted by Gasteiger charge is 2.46. The molecule has 0 spiro atoms. The van der Waals surface area contributed by atoms with Crippen molar-refractivity contribution >= 4 is 5.91 Å². The minimum atomic E-state index is 0.0902. The Kier molecular flexibility index (Phi) is 1.76. The van der Waals surface area contributed by atoms with Crippen LogP contribution in [0.5, 0.6) is 0 Å². The highest BCUT2D eigenvalue weighted by molar-refractivity contribution is 5.96. The fraction of sp³-hybridized carbons (Fsp3) is 0.727. The molecular formula is C11H17NO. The molecule has 1 unspecified atom stereocenters. The first-order valence-corrected chi connectivity index (χ1v) is 5.05. The van der Waals surface area contributed by atoms with Gasteiger partial charge in [0, 0.05) is 17.2 Å². The van der Waals surface area contributed by atoms with Crippen LogP contribution in [0.25, 0.3) is 0 Å². The summed E-state index contributed by atoms with van der Waals surface area (Å²) in [7, 11) is 0. The van der Waals surface area contributed by atoms with Crippen molar-refractivity contribution in [1.82, 2.24) is 4.90 Å². The first-order chi connectivity index (χ1) is 6.02. The number of amides is 1. The molecule has 1 aliphatic heterocycles. The molecule has 1 saturated heterocycles. The molecule has 13 heavy (non-hydrogen) atoms. The summed E-state index contributed by atoms with van der Waals surface area (Å²) < 4.78 is 0. The number of carbonyl (C=O) groups excluding carboxylic acids is 1. The summed E-state index contributed by atoms with van der Waals surface area (Å²) in [6.45, 7) is 6.41. The van der Waals surface area contributed by atoms with Gasteiger partial charge in [-0.1, -0.05) is 6.08 Å². The van der Waals surface area contributed by atoms with Gasteiger partial charge in [0.15, 0.2) is 0 Å². The number of hydrogen-bond donors (Lipinski definition) is 0. The second-order valence-corrected chi connectivity index (χ2v) is 4.81. The number of hydrogen-bond acceptors (Lipinski definition) is 1. The largest absolute Gasteiger partial charge is 0.331 e. The third-order valence-electron chi connectivity index (χ3n) is 3.19. The van der Waals surface area contributed by atoms with Crippen molar-refractivity contribution in [3.8, 4) is 0 Å². The van der Waals surface area contributed by atoms with Gasteiger partial charge in [-0.25, -0.2) is 0 Å². The van der Waals surface area contributed by atoms with Crippen molar-refractivity contribution in [2.45, 2.75) is 51.6 Å². The lowest BCUT2D eigenvalue weighted by molar-refractivity contribution is -0.147. The summed E-state index contributed by atoms with van der Waals surface area (Å²) >= 11 is 0. The van der Waals surface area contributed by atoms with Crippen molar-refractivity contribution < 1.29 is 4.79 Å². The van der Waals surface area contributed by atoms with E-state index in [-0.39, 0.29) is 11.4 Å². The predicted molar refractivity (Wildman–Crippen MR) is 52.3 cm³/mol. The molecular weight excluding hydrogens is 162 g/mol. The lowest BCUT2D eigenvalue weighted by Crippen LogP contribution is -2.64. The number of nitrogens with zero attached hydrogens (tertiary/aromatic N) is 1. The Balaban J connectivity index is 2.11. The maximum absolute atomic E-state index is 11.9. The number of allylic oxidation sites excluding steroid dienone is 1. The maximum atomic E-state index is 11.9. The first kappa shape index (κ1) is 8.79. The summed E-state index contributed by atoms with van der Waals surface area (Å²) in [5.74, 6) is 0.273. The minimum Gasteiger partial charge on any atom is -0.331 e. The molecule has 0 N–H and O–H groups in total. The van der Waals surface area contributed by atoms with Gasteiger partial charge < -0.3 is 4.90 Å². The SMILES string of the molecule is CC1CC(C)(C)N1C(=O)C1=CCC1. The van der Waals surface area contributed by atoms with Crippen molar-refractivity contribution in [2.75, 3.05) is 0 Å². The molecule has 0 aromatic rings. The summed E-state index contributed by atoms with van der Waals surface area (Å²) in [6, 6.07) is 0.434. The van der Waals surface area contributed by atoms with Gasteiger partial charge >= 0.3 is 0 Å². The second-order valence-electron chi connectivity index (χ2n) is 4.81. The predicted octanol–water partition coefficient (Wildman–Crippen LogP) is 2.11. The molecule has 0 aromatic heterocycles. The number of rotatable bonds is 1. The summed E-state index contributed by atoms with van der Waals surface area (Å²) in [5, 5.41) is 0. The van der Waals surface area contributed by atoms with E-state index < -0.39 is 0 Å². The monoisotopic (exact) mass is 179 g/mol. The average Bonchev–Trinajstić information content (AvgIpc) is 1.78. The maximum Gasteiger partial charge on any atom is 0.250 e. The van der Waals surface area contributed by atoms with Crippen LogP contribution >= 0.6 is 0 Å². The summed E-state index contributed by atoms with van der Waals surface area (Å²) in [5.41, 5.74) is 1.12. The van der Waals surface area contributed by atoms with Crippen LogP contribution in [0.3, 0.4) is 0 Å². The van der Waals surface area contributed by atoms with Crippen LogP contribution in [0, 0.1) is 0 Å². The van der Waals surface area contributed by atoms with Crippen LogP contribution in [0.4, 0.5) is 0 Å². The lowest BCUT2D eigenvalue weighted by Gasteiger charge is -2.54. The van der Waals surface area contributed by atoms with E-state index in [1.807, 2.05) is 4.90 Å². The molecule has 1 aliphatic carbocycles. The molecule has 2 heteroatoms. The topological polar surface area (TPSA) is 20.3 Å². The molecule has 0 aromatic carbocycles. The normalized spacial score (nSPS) is 30.2. The zero-order valence-corrected chi connectivity index (χ0v) is 8.63. The quantitative estimate of drug-likeness (QED) is 0.603. The Labute approximate surface area is 79.6 Å². The highest BCUT2D eigenvalue weighted by atomic mass is 16.2. The van der Waals surface area contributed by atoms with E-state index in [2.05, 4.69) is 26.8 Å². The lowest BCUT2D eigenvalue weighted by atomic mass is 9.80. The van der Waals surface area contributed by atoms with Gasteiger partial charge in [-0.15, -0.1) is 0 Å². The molecule has 2 nitrogen and oxygen atoms in total. The van der Waals surface area contributed by atoms with E-state index in [0.29, 0.717) is 6.04 Å². The molecule has 0 radical (unpaired) electrons. The van der Waals surface area contributed by atoms with E-state index in [1.165, 1.54) is 0 Å². The summed E-state index contributed by atoms with van der Waals surface area (Å²) in [6.07, 6.45) is 5.26. The van der Waals surface area contributed by atoms with Crippen molar-refractivity contribution in [2.24, 2.45) is 0 Å². The Hall–Kier alpha value is -0.790. The highest BCUT2D eigenvalue weighted by Crippen LogP contribution is 2.38. The molecule has 0 bridgehead atoms. The van der Waals surface area contributed by atoms with E-state index >= 15 is 0 Å². The fourth-order valence-corrected chi connectivity index (χ4v) is 2.51. The minimum absolute atomic E-state index is 0.0902. The molecule has 1 amide bonds. The van der Waals surface area contributed by atoms with Gasteiger partial charge in [-0.2, -0.15) is 0 Å². The molecule has 2 rings (SSSR count). The van der Waals surface area contributed by atoms with Gasteiger partial charge in [0.1, 0.15) is 0 Å². The average molecular weight is 179 g/mol. The van der Waals surface area contributed by atoms with E-state index in [4.69, 9.17) is 0 Å². The summed E-state index contributed by atoms with van der Waals surface area (Å²) in [4.78, 5) is 13.9. The van der Waals surface area contributed by atoms with Crippen LogP contribution in [-0.2, 0) is 4.79 Å². The third-order valence-corrected chi connectivity index (χ3v) is 3.19. The van der Waals surface area contributed by atoms with Crippen molar-refractivity contribution in [3.05, 3.63) is 11.6 Å². The second kappa shape index (κ2) is 2.60. The van der Waals surface area contributed by atoms with Crippen molar-refractivity contribution in [3.63, 3.8) is 0 Å². The van der Waals surface area contributed by atoms with Gasteiger partial charge in [0.05, 0.1) is 0 Å². The molecule has 72 valence electrons. The van der Waals surface area contributed by atoms with Gasteiger partial charge in [0.2, 0.25) is 5.91 Å². The van der Waals surface area contributed by atoms with Gasteiger partial charge in [-0.05, 0) is 40.0 Å². The Bertz CT molecular complexity index is 278. The third kappa shape index (κ3) is 1.19. The van der Waals surface area contributed by atoms with Crippen molar-refractivity contribution in [1.29, 1.82) is 0 Å². The van der Waals surface area contributed by atoms with E-state index in [9.17, 15) is 4.79 Å². The zero-order chi connectivity index (χ0) is 9.64. The fourth-order valence-electron chi connectivity index (χ4n) is 2.51. The van der Waals surface area contributed by atoms with Crippen LogP contribution < -0.4 is 0 Å². The number of carbonyl (C=O) groups is 1. The zero-order valence-electron chi connectivity index (χ0n) is 8.63.